The Morgan fingerprint density at radius 1 is 0.912 bits per heavy atom. The predicted octanol–water partition coefficient (Wildman–Crippen LogP) is 4.51. The monoisotopic (exact) mass is 479 g/mol. The first-order valence-corrected chi connectivity index (χ1v) is 13.8. The molecule has 0 bridgehead atoms. The van der Waals surface area contributed by atoms with Gasteiger partial charge in [-0.15, -0.1) is 0 Å². The van der Waals surface area contributed by atoms with E-state index >= 15 is 0 Å². The molecule has 0 radical (unpaired) electrons. The van der Waals surface area contributed by atoms with Crippen molar-refractivity contribution >= 4 is 9.84 Å². The van der Waals surface area contributed by atoms with Gasteiger partial charge in [0, 0.05) is 12.8 Å². The van der Waals surface area contributed by atoms with E-state index in [-0.39, 0.29) is 10.8 Å². The van der Waals surface area contributed by atoms with Crippen molar-refractivity contribution < 1.29 is 18.3 Å². The van der Waals surface area contributed by atoms with Gasteiger partial charge < -0.3 is 14.7 Å². The van der Waals surface area contributed by atoms with Crippen LogP contribution in [0.4, 0.5) is 0 Å². The Balaban J connectivity index is 1.32. The molecule has 34 heavy (non-hydrogen) atoms. The minimum atomic E-state index is -3.24. The van der Waals surface area contributed by atoms with Crippen LogP contribution in [0.3, 0.4) is 0 Å². The van der Waals surface area contributed by atoms with Crippen LogP contribution in [0.25, 0.3) is 0 Å². The maximum absolute atomic E-state index is 12.0. The van der Waals surface area contributed by atoms with E-state index < -0.39 is 15.4 Å². The molecule has 0 spiro atoms. The Morgan fingerprint density at radius 3 is 2.06 bits per heavy atom. The fourth-order valence-electron chi connectivity index (χ4n) is 4.87. The van der Waals surface area contributed by atoms with Crippen molar-refractivity contribution in [3.8, 4) is 5.75 Å². The van der Waals surface area contributed by atoms with Gasteiger partial charge in [0.1, 0.15) is 11.4 Å². The van der Waals surface area contributed by atoms with Gasteiger partial charge >= 0.3 is 0 Å². The summed E-state index contributed by atoms with van der Waals surface area (Å²) in [4.78, 5) is 2.69. The smallest absolute Gasteiger partial charge is 0.175 e. The Hall–Kier alpha value is -2.67. The summed E-state index contributed by atoms with van der Waals surface area (Å²) in [7, 11) is -3.24. The molecule has 3 aromatic rings. The first-order chi connectivity index (χ1) is 16.4. The molecule has 1 saturated heterocycles. The Labute approximate surface area is 202 Å². The summed E-state index contributed by atoms with van der Waals surface area (Å²) < 4.78 is 29.2. The third kappa shape index (κ3) is 5.69. The molecule has 1 aliphatic heterocycles. The summed E-state index contributed by atoms with van der Waals surface area (Å²) in [5.74, 6) is 0.723. The standard InChI is InChI=1S/C28H33NO4S/c1-34(31,32)27-15-8-14-26(22-27)33-21-9-18-29-19-16-25(17-20-29)28(30,23-10-4-2-5-11-23)24-12-6-3-7-13-24/h2-8,10-15,22,25,30H,9,16-21H2,1H3. The molecule has 4 rings (SSSR count). The van der Waals surface area contributed by atoms with Crippen molar-refractivity contribution in [2.75, 3.05) is 32.5 Å². The third-order valence-corrected chi connectivity index (χ3v) is 7.84. The van der Waals surface area contributed by atoms with Crippen molar-refractivity contribution in [2.24, 2.45) is 5.92 Å². The first-order valence-electron chi connectivity index (χ1n) is 11.9. The lowest BCUT2D eigenvalue weighted by molar-refractivity contribution is -0.0146. The summed E-state index contributed by atoms with van der Waals surface area (Å²) in [5, 5.41) is 12.0. The highest BCUT2D eigenvalue weighted by Crippen LogP contribution is 2.41. The van der Waals surface area contributed by atoms with Gasteiger partial charge in [0.05, 0.1) is 11.5 Å². The minimum absolute atomic E-state index is 0.142. The van der Waals surface area contributed by atoms with Crippen LogP contribution in [-0.4, -0.2) is 50.9 Å². The van der Waals surface area contributed by atoms with E-state index in [0.717, 1.165) is 50.0 Å². The van der Waals surface area contributed by atoms with Gasteiger partial charge in [-0.1, -0.05) is 66.7 Å². The molecule has 0 atom stereocenters. The zero-order valence-corrected chi connectivity index (χ0v) is 20.5. The summed E-state index contributed by atoms with van der Waals surface area (Å²) >= 11 is 0. The second-order valence-electron chi connectivity index (χ2n) is 9.06. The molecule has 0 unspecified atom stereocenters. The van der Waals surface area contributed by atoms with E-state index in [9.17, 15) is 13.5 Å². The maximum Gasteiger partial charge on any atom is 0.175 e. The molecule has 1 N–H and O–H groups in total. The van der Waals surface area contributed by atoms with Crippen molar-refractivity contribution in [3.63, 3.8) is 0 Å². The largest absolute Gasteiger partial charge is 0.494 e. The summed E-state index contributed by atoms with van der Waals surface area (Å²) in [6.07, 6.45) is 3.89. The fraction of sp³-hybridized carbons (Fsp3) is 0.357. The number of hydrogen-bond donors (Lipinski definition) is 1. The van der Waals surface area contributed by atoms with E-state index in [1.807, 2.05) is 60.7 Å². The van der Waals surface area contributed by atoms with Crippen molar-refractivity contribution in [2.45, 2.75) is 29.8 Å². The number of likely N-dealkylation sites (tertiary alicyclic amines) is 1. The van der Waals surface area contributed by atoms with Crippen molar-refractivity contribution in [1.29, 1.82) is 0 Å². The van der Waals surface area contributed by atoms with Crippen LogP contribution in [0.15, 0.2) is 89.8 Å². The average molecular weight is 480 g/mol. The SMILES string of the molecule is CS(=O)(=O)c1cccc(OCCCN2CCC(C(O)(c3ccccc3)c3ccccc3)CC2)c1. The zero-order chi connectivity index (χ0) is 24.0. The van der Waals surface area contributed by atoms with Crippen molar-refractivity contribution in [1.82, 2.24) is 4.90 Å². The van der Waals surface area contributed by atoms with Crippen LogP contribution in [-0.2, 0) is 15.4 Å². The summed E-state index contributed by atoms with van der Waals surface area (Å²) in [6, 6.07) is 26.7. The highest BCUT2D eigenvalue weighted by Gasteiger charge is 2.41. The number of benzene rings is 3. The molecular weight excluding hydrogens is 446 g/mol. The lowest BCUT2D eigenvalue weighted by atomic mass is 9.72. The van der Waals surface area contributed by atoms with E-state index in [1.165, 1.54) is 6.26 Å². The van der Waals surface area contributed by atoms with Gasteiger partial charge in [0.2, 0.25) is 0 Å². The highest BCUT2D eigenvalue weighted by atomic mass is 32.2. The minimum Gasteiger partial charge on any atom is -0.494 e. The molecule has 0 aliphatic carbocycles. The molecule has 6 heteroatoms. The molecule has 180 valence electrons. The Bertz CT molecular complexity index is 1120. The number of rotatable bonds is 9. The van der Waals surface area contributed by atoms with Gasteiger partial charge in [-0.2, -0.15) is 0 Å². The Kier molecular flexibility index (Phi) is 7.71. The first kappa shape index (κ1) is 24.5. The van der Waals surface area contributed by atoms with Gasteiger partial charge in [-0.3, -0.25) is 0 Å². The molecule has 1 heterocycles. The van der Waals surface area contributed by atoms with Crippen LogP contribution >= 0.6 is 0 Å². The van der Waals surface area contributed by atoms with Crippen LogP contribution in [0.1, 0.15) is 30.4 Å². The van der Waals surface area contributed by atoms with E-state index in [2.05, 4.69) is 4.90 Å². The lowest BCUT2D eigenvalue weighted by Crippen LogP contribution is -2.44. The van der Waals surface area contributed by atoms with Gasteiger partial charge in [0.25, 0.3) is 0 Å². The number of hydrogen-bond acceptors (Lipinski definition) is 5. The highest BCUT2D eigenvalue weighted by molar-refractivity contribution is 7.90. The van der Waals surface area contributed by atoms with E-state index in [0.29, 0.717) is 12.4 Å². The van der Waals surface area contributed by atoms with Crippen molar-refractivity contribution in [3.05, 3.63) is 96.1 Å². The predicted molar refractivity (Wildman–Crippen MR) is 135 cm³/mol. The topological polar surface area (TPSA) is 66.8 Å². The maximum atomic E-state index is 12.0. The summed E-state index contributed by atoms with van der Waals surface area (Å²) in [5.41, 5.74) is 0.899. The van der Waals surface area contributed by atoms with Gasteiger partial charge in [0.15, 0.2) is 9.84 Å². The molecule has 5 nitrogen and oxygen atoms in total. The molecular formula is C28H33NO4S. The lowest BCUT2D eigenvalue weighted by Gasteiger charge is -2.42. The van der Waals surface area contributed by atoms with E-state index in [1.54, 1.807) is 24.3 Å². The van der Waals surface area contributed by atoms with Gasteiger partial charge in [-0.25, -0.2) is 8.42 Å². The van der Waals surface area contributed by atoms with E-state index in [4.69, 9.17) is 4.74 Å². The number of ether oxygens (including phenoxy) is 1. The molecule has 1 fully saturated rings. The van der Waals surface area contributed by atoms with Crippen LogP contribution in [0.5, 0.6) is 5.75 Å². The van der Waals surface area contributed by atoms with Gasteiger partial charge in [-0.05, 0) is 67.6 Å². The number of aliphatic hydroxyl groups is 1. The van der Waals surface area contributed by atoms with Crippen LogP contribution in [0, 0.1) is 5.92 Å². The zero-order valence-electron chi connectivity index (χ0n) is 19.6. The molecule has 0 amide bonds. The number of nitrogens with zero attached hydrogens (tertiary/aromatic N) is 1. The molecule has 3 aromatic carbocycles. The molecule has 0 aromatic heterocycles. The molecule has 0 saturated carbocycles. The van der Waals surface area contributed by atoms with Crippen LogP contribution in [0.2, 0.25) is 0 Å². The quantitative estimate of drug-likeness (QED) is 0.458. The number of piperidine rings is 1. The third-order valence-electron chi connectivity index (χ3n) is 6.73. The second kappa shape index (κ2) is 10.7. The normalized spacial score (nSPS) is 15.8. The average Bonchev–Trinajstić information content (AvgIpc) is 2.87. The molecule has 1 aliphatic rings. The number of sulfone groups is 1. The van der Waals surface area contributed by atoms with Crippen LogP contribution < -0.4 is 4.74 Å². The fourth-order valence-corrected chi connectivity index (χ4v) is 5.53. The summed E-state index contributed by atoms with van der Waals surface area (Å²) in [6.45, 7) is 3.30. The second-order valence-corrected chi connectivity index (χ2v) is 11.1. The Morgan fingerprint density at radius 2 is 1.50 bits per heavy atom.